The maximum Gasteiger partial charge on any atom is 0.221 e. The molecule has 0 bridgehead atoms. The first-order chi connectivity index (χ1) is 13.9. The zero-order valence-electron chi connectivity index (χ0n) is 16.8. The van der Waals surface area contributed by atoms with Gasteiger partial charge in [-0.25, -0.2) is 0 Å². The highest BCUT2D eigenvalue weighted by atomic mass is 16.3. The third-order valence-electron chi connectivity index (χ3n) is 6.21. The van der Waals surface area contributed by atoms with E-state index in [9.17, 15) is 14.7 Å². The Bertz CT molecular complexity index is 865. The summed E-state index contributed by atoms with van der Waals surface area (Å²) in [5, 5.41) is 13.8. The summed E-state index contributed by atoms with van der Waals surface area (Å²) in [5.41, 5.74) is 1.93. The van der Waals surface area contributed by atoms with E-state index in [-0.39, 0.29) is 11.7 Å². The van der Waals surface area contributed by atoms with Gasteiger partial charge < -0.3 is 10.4 Å². The number of aliphatic hydroxyl groups is 1. The maximum absolute atomic E-state index is 12.6. The first kappa shape index (κ1) is 19.8. The van der Waals surface area contributed by atoms with Gasteiger partial charge in [-0.05, 0) is 54.5 Å². The second-order valence-corrected chi connectivity index (χ2v) is 8.69. The van der Waals surface area contributed by atoms with Crippen molar-refractivity contribution in [2.45, 2.75) is 31.8 Å². The van der Waals surface area contributed by atoms with Crippen LogP contribution in [0.5, 0.6) is 0 Å². The number of fused-ring (bicyclic) bond motifs is 1. The van der Waals surface area contributed by atoms with Crippen molar-refractivity contribution in [1.82, 2.24) is 4.90 Å². The molecular weight excluding hydrogens is 364 g/mol. The molecule has 5 heteroatoms. The van der Waals surface area contributed by atoms with E-state index in [4.69, 9.17) is 0 Å². The number of nitrogens with zero attached hydrogens (tertiary/aromatic N) is 1. The molecule has 2 aromatic carbocycles. The molecule has 2 atom stereocenters. The average Bonchev–Trinajstić information content (AvgIpc) is 3.16. The SMILES string of the molecule is CC(=O)Nc1ccc(C(=O)CN2CC3CC(O)(Cc4ccccc4)CC3C2)cc1. The first-order valence-electron chi connectivity index (χ1n) is 10.3. The summed E-state index contributed by atoms with van der Waals surface area (Å²) in [5.74, 6) is 0.885. The van der Waals surface area contributed by atoms with E-state index < -0.39 is 5.60 Å². The minimum atomic E-state index is -0.619. The van der Waals surface area contributed by atoms with E-state index in [1.165, 1.54) is 12.5 Å². The molecule has 1 heterocycles. The van der Waals surface area contributed by atoms with Crippen molar-refractivity contribution in [1.29, 1.82) is 0 Å². The van der Waals surface area contributed by atoms with Crippen LogP contribution in [0, 0.1) is 11.8 Å². The van der Waals surface area contributed by atoms with Crippen LogP contribution in [0.1, 0.15) is 35.7 Å². The Labute approximate surface area is 171 Å². The zero-order valence-corrected chi connectivity index (χ0v) is 16.8. The summed E-state index contributed by atoms with van der Waals surface area (Å²) in [6, 6.07) is 17.2. The second-order valence-electron chi connectivity index (χ2n) is 8.69. The summed E-state index contributed by atoms with van der Waals surface area (Å²) in [4.78, 5) is 26.0. The highest BCUT2D eigenvalue weighted by molar-refractivity contribution is 5.98. The summed E-state index contributed by atoms with van der Waals surface area (Å²) < 4.78 is 0. The van der Waals surface area contributed by atoms with Gasteiger partial charge in [-0.15, -0.1) is 0 Å². The standard InChI is InChI=1S/C24H28N2O3/c1-17(27)25-22-9-7-19(8-10-22)23(28)16-26-14-20-12-24(29,13-21(20)15-26)11-18-5-3-2-4-6-18/h2-10,20-21,29H,11-16H2,1H3,(H,25,27). The lowest BCUT2D eigenvalue weighted by Gasteiger charge is -2.26. The summed E-state index contributed by atoms with van der Waals surface area (Å²) in [6.45, 7) is 3.61. The van der Waals surface area contributed by atoms with Crippen molar-refractivity contribution < 1.29 is 14.7 Å². The predicted molar refractivity (Wildman–Crippen MR) is 113 cm³/mol. The number of hydrogen-bond acceptors (Lipinski definition) is 4. The molecule has 2 aromatic rings. The second kappa shape index (κ2) is 8.09. The molecule has 0 aromatic heterocycles. The van der Waals surface area contributed by atoms with E-state index in [0.29, 0.717) is 36.1 Å². The average molecular weight is 392 g/mol. The monoisotopic (exact) mass is 392 g/mol. The lowest BCUT2D eigenvalue weighted by atomic mass is 9.91. The van der Waals surface area contributed by atoms with Gasteiger partial charge in [0.1, 0.15) is 0 Å². The number of likely N-dealkylation sites (tertiary alicyclic amines) is 1. The number of carbonyl (C=O) groups is 2. The van der Waals surface area contributed by atoms with Crippen LogP contribution in [0.25, 0.3) is 0 Å². The van der Waals surface area contributed by atoms with E-state index in [1.54, 1.807) is 24.3 Å². The van der Waals surface area contributed by atoms with Crippen LogP contribution in [0.3, 0.4) is 0 Å². The van der Waals surface area contributed by atoms with Crippen molar-refractivity contribution in [2.24, 2.45) is 11.8 Å². The molecule has 4 rings (SSSR count). The van der Waals surface area contributed by atoms with Gasteiger partial charge in [0.05, 0.1) is 12.1 Å². The van der Waals surface area contributed by atoms with Crippen LogP contribution in [0.2, 0.25) is 0 Å². The predicted octanol–water partition coefficient (Wildman–Crippen LogP) is 3.14. The number of amides is 1. The minimum Gasteiger partial charge on any atom is -0.390 e. The topological polar surface area (TPSA) is 69.6 Å². The minimum absolute atomic E-state index is 0.0962. The van der Waals surface area contributed by atoms with E-state index in [2.05, 4.69) is 22.3 Å². The van der Waals surface area contributed by atoms with Gasteiger partial charge in [-0.2, -0.15) is 0 Å². The van der Waals surface area contributed by atoms with Crippen LogP contribution in [0.15, 0.2) is 54.6 Å². The normalized spacial score (nSPS) is 26.3. The van der Waals surface area contributed by atoms with Gasteiger partial charge in [-0.3, -0.25) is 14.5 Å². The van der Waals surface area contributed by atoms with Crippen LogP contribution in [-0.2, 0) is 11.2 Å². The fourth-order valence-corrected chi connectivity index (χ4v) is 5.04. The van der Waals surface area contributed by atoms with E-state index >= 15 is 0 Å². The molecule has 2 N–H and O–H groups in total. The smallest absolute Gasteiger partial charge is 0.221 e. The molecule has 0 spiro atoms. The number of ketones is 1. The van der Waals surface area contributed by atoms with Gasteiger partial charge in [0.15, 0.2) is 5.78 Å². The number of anilines is 1. The number of Topliss-reactive ketones (excluding diaryl/α,β-unsaturated/α-hetero) is 1. The van der Waals surface area contributed by atoms with Crippen LogP contribution in [0.4, 0.5) is 5.69 Å². The quantitative estimate of drug-likeness (QED) is 0.741. The summed E-state index contributed by atoms with van der Waals surface area (Å²) in [7, 11) is 0. The highest BCUT2D eigenvalue weighted by Gasteiger charge is 2.48. The van der Waals surface area contributed by atoms with Crippen molar-refractivity contribution in [2.75, 3.05) is 25.0 Å². The van der Waals surface area contributed by atoms with Crippen molar-refractivity contribution in [3.63, 3.8) is 0 Å². The maximum atomic E-state index is 12.6. The Morgan fingerprint density at radius 3 is 2.24 bits per heavy atom. The lowest BCUT2D eigenvalue weighted by molar-refractivity contribution is -0.114. The number of rotatable bonds is 6. The molecular formula is C24H28N2O3. The Kier molecular flexibility index (Phi) is 5.52. The van der Waals surface area contributed by atoms with Crippen molar-refractivity contribution >= 4 is 17.4 Å². The Balaban J connectivity index is 1.30. The summed E-state index contributed by atoms with van der Waals surface area (Å²) in [6.07, 6.45) is 2.33. The number of nitrogens with one attached hydrogen (secondary N) is 1. The number of hydrogen-bond donors (Lipinski definition) is 2. The van der Waals surface area contributed by atoms with Gasteiger partial charge in [0.2, 0.25) is 5.91 Å². The molecule has 29 heavy (non-hydrogen) atoms. The summed E-state index contributed by atoms with van der Waals surface area (Å²) >= 11 is 0. The molecule has 152 valence electrons. The third-order valence-corrected chi connectivity index (χ3v) is 6.21. The third kappa shape index (κ3) is 4.74. The Hall–Kier alpha value is -2.50. The molecule has 5 nitrogen and oxygen atoms in total. The highest BCUT2D eigenvalue weighted by Crippen LogP contribution is 2.45. The largest absolute Gasteiger partial charge is 0.390 e. The number of benzene rings is 2. The molecule has 1 saturated heterocycles. The first-order valence-corrected chi connectivity index (χ1v) is 10.3. The molecule has 2 fully saturated rings. The fourth-order valence-electron chi connectivity index (χ4n) is 5.04. The van der Waals surface area contributed by atoms with E-state index in [1.807, 2.05) is 18.2 Å². The molecule has 1 aliphatic carbocycles. The molecule has 2 aliphatic rings. The number of carbonyl (C=O) groups excluding carboxylic acids is 2. The van der Waals surface area contributed by atoms with Crippen LogP contribution < -0.4 is 5.32 Å². The van der Waals surface area contributed by atoms with Crippen LogP contribution >= 0.6 is 0 Å². The van der Waals surface area contributed by atoms with Gasteiger partial charge in [-0.1, -0.05) is 30.3 Å². The molecule has 1 saturated carbocycles. The molecule has 1 aliphatic heterocycles. The zero-order chi connectivity index (χ0) is 20.4. The Morgan fingerprint density at radius 2 is 1.66 bits per heavy atom. The Morgan fingerprint density at radius 1 is 1.03 bits per heavy atom. The lowest BCUT2D eigenvalue weighted by Crippen LogP contribution is -2.34. The fraction of sp³-hybridized carbons (Fsp3) is 0.417. The van der Waals surface area contributed by atoms with Gasteiger partial charge in [0.25, 0.3) is 0 Å². The van der Waals surface area contributed by atoms with Gasteiger partial charge in [0, 0.05) is 37.7 Å². The molecule has 0 radical (unpaired) electrons. The van der Waals surface area contributed by atoms with Crippen molar-refractivity contribution in [3.05, 3.63) is 65.7 Å². The van der Waals surface area contributed by atoms with Gasteiger partial charge >= 0.3 is 0 Å². The van der Waals surface area contributed by atoms with E-state index in [0.717, 1.165) is 25.9 Å². The molecule has 1 amide bonds. The van der Waals surface area contributed by atoms with Crippen molar-refractivity contribution in [3.8, 4) is 0 Å². The molecule has 2 unspecified atom stereocenters. The van der Waals surface area contributed by atoms with Crippen LogP contribution in [-0.4, -0.2) is 46.9 Å².